The van der Waals surface area contributed by atoms with Crippen molar-refractivity contribution in [2.24, 2.45) is 0 Å². The molecule has 0 aliphatic heterocycles. The molecule has 0 spiro atoms. The molecule has 0 fully saturated rings. The van der Waals surface area contributed by atoms with E-state index in [1.807, 2.05) is 12.1 Å². The minimum absolute atomic E-state index is 1.08. The van der Waals surface area contributed by atoms with E-state index in [1.165, 1.54) is 38.9 Å². The zero-order valence-corrected chi connectivity index (χ0v) is 20.0. The SMILES string of the molecule is Cc1ccccc1-c1cc(-c2ccc(Br)c(-c3ccccc3)c2)ccc1Nc1ccccc1. The van der Waals surface area contributed by atoms with Crippen molar-refractivity contribution in [1.29, 1.82) is 0 Å². The van der Waals surface area contributed by atoms with Crippen LogP contribution in [0.1, 0.15) is 5.56 Å². The summed E-state index contributed by atoms with van der Waals surface area (Å²) in [5.41, 5.74) is 10.6. The molecule has 0 saturated heterocycles. The first-order valence-electron chi connectivity index (χ1n) is 11.1. The number of hydrogen-bond donors (Lipinski definition) is 1. The predicted molar refractivity (Wildman–Crippen MR) is 145 cm³/mol. The maximum atomic E-state index is 3.74. The molecule has 160 valence electrons. The minimum atomic E-state index is 1.08. The van der Waals surface area contributed by atoms with E-state index in [1.54, 1.807) is 0 Å². The van der Waals surface area contributed by atoms with Gasteiger partial charge in [-0.25, -0.2) is 0 Å². The molecule has 5 rings (SSSR count). The molecule has 0 amide bonds. The van der Waals surface area contributed by atoms with Crippen molar-refractivity contribution < 1.29 is 0 Å². The van der Waals surface area contributed by atoms with Crippen LogP contribution < -0.4 is 5.32 Å². The van der Waals surface area contributed by atoms with Crippen molar-refractivity contribution in [1.82, 2.24) is 0 Å². The lowest BCUT2D eigenvalue weighted by molar-refractivity contribution is 1.45. The molecule has 1 N–H and O–H groups in total. The van der Waals surface area contributed by atoms with E-state index >= 15 is 0 Å². The lowest BCUT2D eigenvalue weighted by atomic mass is 9.93. The first kappa shape index (κ1) is 21.2. The number of anilines is 2. The second-order valence-electron chi connectivity index (χ2n) is 8.13. The van der Waals surface area contributed by atoms with E-state index < -0.39 is 0 Å². The molecular formula is C31H24BrN. The Kier molecular flexibility index (Phi) is 6.10. The third-order valence-electron chi connectivity index (χ3n) is 5.89. The number of aryl methyl sites for hydroxylation is 1. The number of para-hydroxylation sites is 1. The predicted octanol–water partition coefficient (Wildman–Crippen LogP) is 9.50. The average molecular weight is 490 g/mol. The van der Waals surface area contributed by atoms with Crippen molar-refractivity contribution in [2.45, 2.75) is 6.92 Å². The Hall–Kier alpha value is -3.62. The van der Waals surface area contributed by atoms with Crippen molar-refractivity contribution in [3.63, 3.8) is 0 Å². The van der Waals surface area contributed by atoms with Gasteiger partial charge in [0.15, 0.2) is 0 Å². The maximum absolute atomic E-state index is 3.74. The molecule has 0 radical (unpaired) electrons. The van der Waals surface area contributed by atoms with Gasteiger partial charge in [-0.1, -0.05) is 101 Å². The maximum Gasteiger partial charge on any atom is 0.0464 e. The second kappa shape index (κ2) is 9.48. The molecule has 0 aromatic heterocycles. The Labute approximate surface area is 203 Å². The summed E-state index contributed by atoms with van der Waals surface area (Å²) in [6.45, 7) is 2.17. The quantitative estimate of drug-likeness (QED) is 0.259. The van der Waals surface area contributed by atoms with Crippen LogP contribution in [0.2, 0.25) is 0 Å². The highest BCUT2D eigenvalue weighted by atomic mass is 79.9. The van der Waals surface area contributed by atoms with E-state index in [4.69, 9.17) is 0 Å². The Balaban J connectivity index is 1.63. The fourth-order valence-corrected chi connectivity index (χ4v) is 4.63. The Morgan fingerprint density at radius 2 is 1.12 bits per heavy atom. The largest absolute Gasteiger partial charge is 0.355 e. The number of benzene rings is 5. The van der Waals surface area contributed by atoms with Gasteiger partial charge < -0.3 is 5.32 Å². The summed E-state index contributed by atoms with van der Waals surface area (Å²) in [4.78, 5) is 0. The molecule has 0 atom stereocenters. The Bertz CT molecular complexity index is 1390. The highest BCUT2D eigenvalue weighted by Crippen LogP contribution is 2.38. The van der Waals surface area contributed by atoms with Gasteiger partial charge in [0, 0.05) is 21.4 Å². The molecule has 0 saturated carbocycles. The number of hydrogen-bond acceptors (Lipinski definition) is 1. The van der Waals surface area contributed by atoms with E-state index in [9.17, 15) is 0 Å². The molecule has 0 bridgehead atoms. The number of rotatable bonds is 5. The van der Waals surface area contributed by atoms with E-state index in [-0.39, 0.29) is 0 Å². The van der Waals surface area contributed by atoms with Gasteiger partial charge in [0.05, 0.1) is 0 Å². The highest BCUT2D eigenvalue weighted by molar-refractivity contribution is 9.10. The van der Waals surface area contributed by atoms with Crippen LogP contribution in [0.4, 0.5) is 11.4 Å². The molecule has 0 aliphatic carbocycles. The summed E-state index contributed by atoms with van der Waals surface area (Å²) in [7, 11) is 0. The third-order valence-corrected chi connectivity index (χ3v) is 6.58. The Morgan fingerprint density at radius 3 is 1.85 bits per heavy atom. The monoisotopic (exact) mass is 489 g/mol. The molecule has 33 heavy (non-hydrogen) atoms. The van der Waals surface area contributed by atoms with Crippen molar-refractivity contribution in [2.75, 3.05) is 5.32 Å². The highest BCUT2D eigenvalue weighted by Gasteiger charge is 2.12. The van der Waals surface area contributed by atoms with Crippen LogP contribution in [0.5, 0.6) is 0 Å². The van der Waals surface area contributed by atoms with Gasteiger partial charge in [0.2, 0.25) is 0 Å². The van der Waals surface area contributed by atoms with Gasteiger partial charge in [-0.3, -0.25) is 0 Å². The fraction of sp³-hybridized carbons (Fsp3) is 0.0323. The summed E-state index contributed by atoms with van der Waals surface area (Å²) in [6, 6.07) is 42.7. The molecular weight excluding hydrogens is 466 g/mol. The van der Waals surface area contributed by atoms with Crippen LogP contribution in [0.3, 0.4) is 0 Å². The molecule has 0 unspecified atom stereocenters. The zero-order chi connectivity index (χ0) is 22.6. The lowest BCUT2D eigenvalue weighted by Crippen LogP contribution is -1.95. The van der Waals surface area contributed by atoms with Crippen molar-refractivity contribution >= 4 is 27.3 Å². The summed E-state index contributed by atoms with van der Waals surface area (Å²) < 4.78 is 1.10. The normalized spacial score (nSPS) is 10.7. The molecule has 0 aliphatic rings. The molecule has 5 aromatic carbocycles. The van der Waals surface area contributed by atoms with E-state index in [2.05, 4.69) is 137 Å². The molecule has 1 nitrogen and oxygen atoms in total. The number of halogens is 1. The third kappa shape index (κ3) is 4.62. The number of nitrogens with one attached hydrogen (secondary N) is 1. The zero-order valence-electron chi connectivity index (χ0n) is 18.4. The summed E-state index contributed by atoms with van der Waals surface area (Å²) in [5, 5.41) is 3.62. The van der Waals surface area contributed by atoms with Crippen LogP contribution in [-0.2, 0) is 0 Å². The smallest absolute Gasteiger partial charge is 0.0464 e. The van der Waals surface area contributed by atoms with Gasteiger partial charge in [0.1, 0.15) is 0 Å². The van der Waals surface area contributed by atoms with E-state index in [0.717, 1.165) is 15.8 Å². The van der Waals surface area contributed by atoms with Crippen LogP contribution in [0, 0.1) is 6.92 Å². The van der Waals surface area contributed by atoms with Crippen LogP contribution in [0.25, 0.3) is 33.4 Å². The van der Waals surface area contributed by atoms with Crippen molar-refractivity contribution in [3.8, 4) is 33.4 Å². The van der Waals surface area contributed by atoms with Crippen LogP contribution in [-0.4, -0.2) is 0 Å². The first-order valence-corrected chi connectivity index (χ1v) is 11.9. The van der Waals surface area contributed by atoms with Gasteiger partial charge in [0.25, 0.3) is 0 Å². The van der Waals surface area contributed by atoms with Crippen molar-refractivity contribution in [3.05, 3.63) is 131 Å². The average Bonchev–Trinajstić information content (AvgIpc) is 2.86. The molecule has 0 heterocycles. The van der Waals surface area contributed by atoms with Crippen LogP contribution >= 0.6 is 15.9 Å². The minimum Gasteiger partial charge on any atom is -0.355 e. The van der Waals surface area contributed by atoms with Gasteiger partial charge in [-0.15, -0.1) is 0 Å². The van der Waals surface area contributed by atoms with Gasteiger partial charge in [-0.05, 0) is 76.7 Å². The Morgan fingerprint density at radius 1 is 0.515 bits per heavy atom. The summed E-state index contributed by atoms with van der Waals surface area (Å²) in [5.74, 6) is 0. The van der Waals surface area contributed by atoms with Crippen LogP contribution in [0.15, 0.2) is 126 Å². The summed E-state index contributed by atoms with van der Waals surface area (Å²) >= 11 is 3.74. The first-order chi connectivity index (χ1) is 16.2. The topological polar surface area (TPSA) is 12.0 Å². The molecule has 2 heteroatoms. The van der Waals surface area contributed by atoms with Gasteiger partial charge >= 0.3 is 0 Å². The fourth-order valence-electron chi connectivity index (χ4n) is 4.15. The molecule has 5 aromatic rings. The summed E-state index contributed by atoms with van der Waals surface area (Å²) in [6.07, 6.45) is 0. The van der Waals surface area contributed by atoms with E-state index in [0.29, 0.717) is 0 Å². The lowest BCUT2D eigenvalue weighted by Gasteiger charge is -2.17. The second-order valence-corrected chi connectivity index (χ2v) is 8.98. The van der Waals surface area contributed by atoms with Gasteiger partial charge in [-0.2, -0.15) is 0 Å². The standard InChI is InChI=1S/C31H24BrN/c1-22-10-8-9-15-27(22)29-21-25(17-19-31(29)33-26-13-6-3-7-14-26)24-16-18-30(32)28(20-24)23-11-4-2-5-12-23/h2-21,33H,1H3.